The molecule has 2 N–H and O–H groups in total. The number of benzene rings is 2. The molecule has 0 saturated carbocycles. The van der Waals surface area contributed by atoms with E-state index in [4.69, 9.17) is 14.7 Å². The molecule has 2 saturated heterocycles. The lowest BCUT2D eigenvalue weighted by atomic mass is 9.97. The quantitative estimate of drug-likeness (QED) is 0.160. The zero-order chi connectivity index (χ0) is 39.9. The molecule has 3 aromatic heterocycles. The molecule has 294 valence electrons. The van der Waals surface area contributed by atoms with E-state index in [0.717, 1.165) is 94.0 Å². The van der Waals surface area contributed by atoms with Gasteiger partial charge < -0.3 is 24.4 Å². The Morgan fingerprint density at radius 3 is 2.59 bits per heavy atom. The second kappa shape index (κ2) is 15.4. The van der Waals surface area contributed by atoms with E-state index in [1.807, 2.05) is 55.6 Å². The zero-order valence-electron chi connectivity index (χ0n) is 32.1. The molecule has 9 rings (SSSR count). The topological polar surface area (TPSA) is 169 Å². The lowest BCUT2D eigenvalue weighted by molar-refractivity contribution is -0.137. The van der Waals surface area contributed by atoms with Gasteiger partial charge in [0.05, 0.1) is 23.6 Å². The first-order valence-corrected chi connectivity index (χ1v) is 19.7. The van der Waals surface area contributed by atoms with Crippen LogP contribution in [0.2, 0.25) is 0 Å². The maximum Gasteiger partial charge on any atom is 0.270 e. The van der Waals surface area contributed by atoms with Crippen LogP contribution in [0.5, 0.6) is 0 Å². The van der Waals surface area contributed by atoms with Gasteiger partial charge in [-0.2, -0.15) is 0 Å². The van der Waals surface area contributed by atoms with Crippen LogP contribution >= 0.6 is 0 Å². The number of pyridine rings is 2. The summed E-state index contributed by atoms with van der Waals surface area (Å²) < 4.78 is 7.95. The number of imide groups is 1. The summed E-state index contributed by atoms with van der Waals surface area (Å²) in [7, 11) is 0. The van der Waals surface area contributed by atoms with E-state index in [2.05, 4.69) is 26.3 Å². The van der Waals surface area contributed by atoms with Gasteiger partial charge in [0.25, 0.3) is 11.8 Å². The normalized spacial score (nSPS) is 18.6. The first kappa shape index (κ1) is 37.1. The zero-order valence-corrected chi connectivity index (χ0v) is 32.1. The van der Waals surface area contributed by atoms with E-state index in [1.165, 1.54) is 4.90 Å². The smallest absolute Gasteiger partial charge is 0.270 e. The van der Waals surface area contributed by atoms with Gasteiger partial charge in [0.1, 0.15) is 17.6 Å². The van der Waals surface area contributed by atoms with Crippen LogP contribution in [0.3, 0.4) is 0 Å². The minimum atomic E-state index is -0.690. The van der Waals surface area contributed by atoms with Crippen LogP contribution in [0.1, 0.15) is 82.0 Å². The fraction of sp³-hybridized carbons (Fsp3) is 0.318. The van der Waals surface area contributed by atoms with Crippen molar-refractivity contribution in [3.05, 3.63) is 107 Å². The van der Waals surface area contributed by atoms with Gasteiger partial charge >= 0.3 is 0 Å². The first-order chi connectivity index (χ1) is 28.3. The predicted molar refractivity (Wildman–Crippen MR) is 214 cm³/mol. The van der Waals surface area contributed by atoms with Crippen molar-refractivity contribution in [1.29, 1.82) is 0 Å². The second-order valence-corrected chi connectivity index (χ2v) is 15.2. The molecule has 5 aromatic rings. The van der Waals surface area contributed by atoms with Gasteiger partial charge in [-0.05, 0) is 72.5 Å². The van der Waals surface area contributed by atoms with Crippen LogP contribution in [-0.2, 0) is 38.8 Å². The van der Waals surface area contributed by atoms with Crippen molar-refractivity contribution >= 4 is 46.4 Å². The summed E-state index contributed by atoms with van der Waals surface area (Å²) in [5.41, 5.74) is 7.73. The maximum atomic E-state index is 13.3. The largest absolute Gasteiger partial charge is 0.381 e. The van der Waals surface area contributed by atoms with Crippen LogP contribution in [0.15, 0.2) is 73.1 Å². The van der Waals surface area contributed by atoms with Crippen LogP contribution in [0.4, 0.5) is 0 Å². The van der Waals surface area contributed by atoms with Gasteiger partial charge in [0, 0.05) is 86.2 Å². The number of rotatable bonds is 9. The Morgan fingerprint density at radius 2 is 1.79 bits per heavy atom. The van der Waals surface area contributed by atoms with Crippen molar-refractivity contribution in [2.75, 3.05) is 26.3 Å². The number of hydrogen-bond acceptors (Lipinski definition) is 9. The Kier molecular flexibility index (Phi) is 9.86. The van der Waals surface area contributed by atoms with Crippen LogP contribution in [0, 0.1) is 0 Å². The molecular weight excluding hydrogens is 737 g/mol. The highest BCUT2D eigenvalue weighted by molar-refractivity contribution is 6.06. The molecule has 1 unspecified atom stereocenters. The van der Waals surface area contributed by atoms with Gasteiger partial charge in [0.2, 0.25) is 18.2 Å². The van der Waals surface area contributed by atoms with Gasteiger partial charge in [-0.15, -0.1) is 0 Å². The molecule has 0 spiro atoms. The van der Waals surface area contributed by atoms with Crippen LogP contribution in [0.25, 0.3) is 38.9 Å². The third kappa shape index (κ3) is 6.82. The van der Waals surface area contributed by atoms with Crippen LogP contribution in [-0.4, -0.2) is 91.7 Å². The molecular formula is C44H42N8O6. The second-order valence-electron chi connectivity index (χ2n) is 15.2. The van der Waals surface area contributed by atoms with E-state index in [9.17, 15) is 24.0 Å². The Labute approximate surface area is 334 Å². The number of allylic oxidation sites excluding steroid dienone is 1. The summed E-state index contributed by atoms with van der Waals surface area (Å²) >= 11 is 0. The van der Waals surface area contributed by atoms with Crippen molar-refractivity contribution in [2.24, 2.45) is 0 Å². The molecule has 4 aliphatic rings. The Hall–Kier alpha value is -6.54. The summed E-state index contributed by atoms with van der Waals surface area (Å²) in [5.74, 6) is 0.0449. The molecule has 14 heteroatoms. The molecule has 2 aromatic carbocycles. The summed E-state index contributed by atoms with van der Waals surface area (Å²) in [5, 5.41) is 7.20. The number of piperidine rings is 1. The SMILES string of the molecule is C/C(=C\CNC(=O)c1ccc(-c2cc3cccc(-c4nc(C5CCOCC5)n5c4CN(C=O)CC5)c3cn2)cn1)c1cccc2c1CN(C1CCC(=O)NC1=O)C2=O. The lowest BCUT2D eigenvalue weighted by Crippen LogP contribution is -2.52. The number of aromatic nitrogens is 4. The van der Waals surface area contributed by atoms with E-state index in [1.54, 1.807) is 23.2 Å². The van der Waals surface area contributed by atoms with Crippen molar-refractivity contribution in [3.8, 4) is 22.5 Å². The number of hydrogen-bond donors (Lipinski definition) is 2. The number of ether oxygens (including phenoxy) is 1. The molecule has 4 aliphatic heterocycles. The van der Waals surface area contributed by atoms with Gasteiger partial charge in [-0.3, -0.25) is 39.3 Å². The average molecular weight is 779 g/mol. The minimum absolute atomic E-state index is 0.193. The molecule has 14 nitrogen and oxygen atoms in total. The minimum Gasteiger partial charge on any atom is -0.381 e. The van der Waals surface area contributed by atoms with E-state index < -0.39 is 11.9 Å². The molecule has 0 aliphatic carbocycles. The molecule has 0 radical (unpaired) electrons. The van der Waals surface area contributed by atoms with E-state index in [-0.39, 0.29) is 42.9 Å². The molecule has 7 heterocycles. The summed E-state index contributed by atoms with van der Waals surface area (Å²) in [6.07, 6.45) is 8.65. The fourth-order valence-electron chi connectivity index (χ4n) is 8.66. The lowest BCUT2D eigenvalue weighted by Gasteiger charge is -2.29. The standard InChI is InChI=1S/C44H42N8O6/c1-26(30-5-3-7-32-34(30)23-52(44(32)57)37-10-11-39(54)48-43(37)56)12-15-45-42(55)35-9-8-29(21-46-35)36-20-28-4-2-6-31(33(28)22-47-36)40-38-24-50(25-53)16-17-51(38)41(49-40)27-13-18-58-19-14-27/h2-9,12,20-22,25,27,37H,10-11,13-19,23-24H2,1H3,(H,45,55)(H,48,54,56)/b26-12+. The fourth-order valence-corrected chi connectivity index (χ4v) is 8.66. The van der Waals surface area contributed by atoms with Gasteiger partial charge in [-0.25, -0.2) is 4.98 Å². The summed E-state index contributed by atoms with van der Waals surface area (Å²) in [6, 6.07) is 16.5. The Morgan fingerprint density at radius 1 is 0.966 bits per heavy atom. The molecule has 0 bridgehead atoms. The Balaban J connectivity index is 0.888. The Bertz CT molecular complexity index is 2520. The molecule has 5 amide bonds. The first-order valence-electron chi connectivity index (χ1n) is 19.7. The summed E-state index contributed by atoms with van der Waals surface area (Å²) in [4.78, 5) is 80.2. The predicted octanol–water partition coefficient (Wildman–Crippen LogP) is 4.62. The number of carbonyl (C=O) groups is 5. The third-order valence-electron chi connectivity index (χ3n) is 11.8. The molecule has 2 fully saturated rings. The maximum absolute atomic E-state index is 13.3. The average Bonchev–Trinajstić information content (AvgIpc) is 3.80. The number of imidazole rings is 1. The highest BCUT2D eigenvalue weighted by Crippen LogP contribution is 2.38. The number of amides is 5. The van der Waals surface area contributed by atoms with Crippen LogP contribution < -0.4 is 10.6 Å². The number of nitrogens with zero attached hydrogens (tertiary/aromatic N) is 6. The highest BCUT2D eigenvalue weighted by Gasteiger charge is 2.40. The number of carbonyl (C=O) groups excluding carboxylic acids is 5. The molecule has 1 atom stereocenters. The van der Waals surface area contributed by atoms with Crippen molar-refractivity contribution in [1.82, 2.24) is 40.0 Å². The summed E-state index contributed by atoms with van der Waals surface area (Å²) in [6.45, 7) is 5.74. The number of nitrogens with one attached hydrogen (secondary N) is 2. The number of fused-ring (bicyclic) bond motifs is 3. The highest BCUT2D eigenvalue weighted by atomic mass is 16.5. The van der Waals surface area contributed by atoms with E-state index in [0.29, 0.717) is 37.5 Å². The molecule has 58 heavy (non-hydrogen) atoms. The van der Waals surface area contributed by atoms with Crippen molar-refractivity contribution < 1.29 is 28.7 Å². The monoisotopic (exact) mass is 778 g/mol. The van der Waals surface area contributed by atoms with Crippen molar-refractivity contribution in [3.63, 3.8) is 0 Å². The van der Waals surface area contributed by atoms with E-state index >= 15 is 0 Å². The third-order valence-corrected chi connectivity index (χ3v) is 11.8. The van der Waals surface area contributed by atoms with Gasteiger partial charge in [-0.1, -0.05) is 36.4 Å². The van der Waals surface area contributed by atoms with Crippen molar-refractivity contribution in [2.45, 2.75) is 64.2 Å². The van der Waals surface area contributed by atoms with Gasteiger partial charge in [0.15, 0.2) is 0 Å².